The van der Waals surface area contributed by atoms with Crippen molar-refractivity contribution in [2.24, 2.45) is 0 Å². The van der Waals surface area contributed by atoms with Crippen LogP contribution in [-0.4, -0.2) is 134 Å². The van der Waals surface area contributed by atoms with Crippen LogP contribution in [0.25, 0.3) is 0 Å². The Morgan fingerprint density at radius 2 is 0.468 bits per heavy atom. The van der Waals surface area contributed by atoms with Gasteiger partial charge in [0.1, 0.15) is 0 Å². The second-order valence-electron chi connectivity index (χ2n) is 8.92. The molecule has 0 spiro atoms. The van der Waals surface area contributed by atoms with Crippen molar-refractivity contribution in [3.8, 4) is 0 Å². The maximum absolute atomic E-state index is 13.2. The summed E-state index contributed by atoms with van der Waals surface area (Å²) in [7, 11) is -90.7. The van der Waals surface area contributed by atoms with E-state index in [4.69, 9.17) is 0 Å². The summed E-state index contributed by atoms with van der Waals surface area (Å²) in [6.45, 7) is 0. The third-order valence-corrected chi connectivity index (χ3v) is 31.9. The largest absolute Gasteiger partial charge is 0.411 e. The third kappa shape index (κ3) is 6.03. The van der Waals surface area contributed by atoms with Gasteiger partial charge in [0.25, 0.3) is 0 Å². The monoisotopic (exact) mass is 904 g/mol. The Balaban J connectivity index is 11.7. The lowest BCUT2D eigenvalue weighted by Crippen LogP contribution is -2.83. The Labute approximate surface area is 255 Å². The number of hydrogen-bond acceptors (Lipinski definition) is 11. The van der Waals surface area contributed by atoms with Crippen molar-refractivity contribution in [3.05, 3.63) is 0 Å². The summed E-state index contributed by atoms with van der Waals surface area (Å²) in [5.74, 6) is 0. The number of hydrogen-bond donors (Lipinski definition) is 21. The molecule has 0 radical (unpaired) electrons. The SMILES string of the molecule is C[N+](C(C(O)(P(=O)(O)O)P(=O)(O)O)(P(=O)(O)O)P(=O)(O)O)(C(P(=O)(O)O)(P(=O)(O)O)P(=O)(O)O)C(P(=O)(O)O)(P(=O)(O)O)P(=O)(O)O. The van der Waals surface area contributed by atoms with Gasteiger partial charge in [-0.05, 0) is 0 Å². The van der Waals surface area contributed by atoms with Crippen molar-refractivity contribution < 1.29 is 153 Å². The highest BCUT2D eigenvalue weighted by Crippen LogP contribution is 3.02. The second-order valence-corrected chi connectivity index (χ2v) is 29.1. The minimum Gasteiger partial charge on any atom is -0.362 e. The molecular weight excluding hydrogens is 880 g/mol. The molecule has 0 aliphatic heterocycles. The molecule has 0 aromatic carbocycles. The van der Waals surface area contributed by atoms with Crippen molar-refractivity contribution in [1.82, 2.24) is 0 Å². The number of quaternary nitrogens is 1. The zero-order chi connectivity index (χ0) is 39.5. The first-order chi connectivity index (χ1) is 19.5. The molecule has 0 bridgehead atoms. The molecule has 42 heteroatoms. The molecule has 0 aromatic rings. The van der Waals surface area contributed by atoms with Crippen molar-refractivity contribution in [1.29, 1.82) is 0 Å². The molecule has 32 nitrogen and oxygen atoms in total. The number of likely N-dealkylation sites (N-methyl/N-ethyl adjacent to an activating group) is 1. The predicted octanol–water partition coefficient (Wildman–Crippen LogP) is -5.27. The van der Waals surface area contributed by atoms with E-state index in [0.717, 1.165) is 0 Å². The average Bonchev–Trinajstić information content (AvgIpc) is 2.56. The van der Waals surface area contributed by atoms with Gasteiger partial charge >= 0.3 is 95.6 Å². The summed E-state index contributed by atoms with van der Waals surface area (Å²) in [4.78, 5) is 200. The normalized spacial score (nSPS) is 17.1. The van der Waals surface area contributed by atoms with Gasteiger partial charge in [0.05, 0.1) is 7.05 Å². The van der Waals surface area contributed by atoms with Gasteiger partial charge in [0, 0.05) is 0 Å². The van der Waals surface area contributed by atoms with E-state index < -0.39 is 107 Å². The fourth-order valence-corrected chi connectivity index (χ4v) is 29.3. The molecule has 0 saturated carbocycles. The molecule has 47 heavy (non-hydrogen) atoms. The molecule has 0 aromatic heterocycles. The summed E-state index contributed by atoms with van der Waals surface area (Å²) < 4.78 is 107. The summed E-state index contributed by atoms with van der Waals surface area (Å²) in [5, 5.41) is -4.43. The van der Waals surface area contributed by atoms with Crippen LogP contribution in [0, 0.1) is 0 Å². The van der Waals surface area contributed by atoms with E-state index in [2.05, 4.69) is 0 Å². The maximum atomic E-state index is 13.2. The Bertz CT molecular complexity index is 1530. The highest BCUT2D eigenvalue weighted by atomic mass is 31.3. The van der Waals surface area contributed by atoms with E-state index in [1.54, 1.807) is 0 Å². The van der Waals surface area contributed by atoms with Crippen molar-refractivity contribution >= 4 is 76.0 Å². The Kier molecular flexibility index (Phi) is 12.6. The van der Waals surface area contributed by atoms with Crippen LogP contribution in [0.5, 0.6) is 0 Å². The standard InChI is InChI=1S/C5H23NO31P10/c1-6(4(42(20,21)22,43(23,24)25)44(26,27)28,5(45(29,30)31,46(32,33)34)47(35,36)37)2(38(8,9)10,39(11,12)13)3(7,40(14,15)16)41(17,18)19/h7H,1H3,(H19-,8,9,10,11,12,13,14,15,16,17,18,19,20,21,22,23,24,25,26,27,28,29,30,31,32,33,34,35,36,37)/p+1. The van der Waals surface area contributed by atoms with Crippen LogP contribution >= 0.6 is 76.0 Å². The first kappa shape index (κ1) is 48.4. The summed E-state index contributed by atoms with van der Waals surface area (Å²) in [5.41, 5.74) is 0. The Hall–Kier alpha value is 1.42. The van der Waals surface area contributed by atoms with Gasteiger partial charge in [-0.3, -0.25) is 45.7 Å². The molecule has 0 atom stereocenters. The minimum absolute atomic E-state index is 1.93. The van der Waals surface area contributed by atoms with Gasteiger partial charge in [-0.15, -0.1) is 0 Å². The lowest BCUT2D eigenvalue weighted by molar-refractivity contribution is -0.958. The quantitative estimate of drug-likeness (QED) is 0.0572. The number of rotatable bonds is 14. The van der Waals surface area contributed by atoms with Gasteiger partial charge in [0.2, 0.25) is 0 Å². The zero-order valence-corrected chi connectivity index (χ0v) is 30.3. The number of nitrogens with zero attached hydrogens (tertiary/aromatic N) is 1. The Morgan fingerprint density at radius 3 is 0.553 bits per heavy atom. The molecule has 0 aliphatic rings. The van der Waals surface area contributed by atoms with E-state index in [0.29, 0.717) is 0 Å². The van der Waals surface area contributed by atoms with E-state index in [9.17, 15) is 149 Å². The van der Waals surface area contributed by atoms with Crippen LogP contribution in [0.1, 0.15) is 0 Å². The maximum Gasteiger partial charge on any atom is 0.411 e. The van der Waals surface area contributed by atoms with Crippen LogP contribution in [-0.2, 0) is 45.7 Å². The van der Waals surface area contributed by atoms with Crippen molar-refractivity contribution in [2.75, 3.05) is 7.05 Å². The third-order valence-electron chi connectivity index (χ3n) is 6.24. The van der Waals surface area contributed by atoms with E-state index in [-0.39, 0.29) is 0 Å². The van der Waals surface area contributed by atoms with Crippen molar-refractivity contribution in [2.45, 2.75) is 19.6 Å². The lowest BCUT2D eigenvalue weighted by atomic mass is 10.5. The molecule has 21 N–H and O–H groups in total. The predicted molar refractivity (Wildman–Crippen MR) is 140 cm³/mol. The van der Waals surface area contributed by atoms with E-state index in [1.165, 1.54) is 0 Å². The van der Waals surface area contributed by atoms with E-state index >= 15 is 0 Å². The van der Waals surface area contributed by atoms with Gasteiger partial charge in [-0.2, -0.15) is 0 Å². The minimum atomic E-state index is -9.16. The van der Waals surface area contributed by atoms with E-state index in [1.807, 2.05) is 0 Å². The highest BCUT2D eigenvalue weighted by Gasteiger charge is 3.08. The van der Waals surface area contributed by atoms with Crippen LogP contribution in [0.2, 0.25) is 0 Å². The van der Waals surface area contributed by atoms with Gasteiger partial charge in [-0.25, -0.2) is 4.48 Å². The highest BCUT2D eigenvalue weighted by molar-refractivity contribution is 7.90. The first-order valence-corrected chi connectivity index (χ1v) is 25.8. The topological polar surface area (TPSA) is 596 Å². The summed E-state index contributed by atoms with van der Waals surface area (Å²) in [6.07, 6.45) is 0. The van der Waals surface area contributed by atoms with Gasteiger partial charge in [0.15, 0.2) is 0 Å². The molecule has 0 rings (SSSR count). The molecule has 0 unspecified atom stereocenters. The van der Waals surface area contributed by atoms with Crippen LogP contribution in [0.3, 0.4) is 0 Å². The summed E-state index contributed by atoms with van der Waals surface area (Å²) in [6, 6.07) is 0. The fraction of sp³-hybridized carbons (Fsp3) is 1.00. The molecular formula is C5H24NO31P10+. The fourth-order valence-electron chi connectivity index (χ4n) is 5.14. The number of aliphatic hydroxyl groups is 1. The van der Waals surface area contributed by atoms with Gasteiger partial charge in [-0.1, -0.05) is 0 Å². The molecule has 0 heterocycles. The molecule has 284 valence electrons. The van der Waals surface area contributed by atoms with Crippen LogP contribution < -0.4 is 0 Å². The van der Waals surface area contributed by atoms with Gasteiger partial charge < -0.3 is 103 Å². The lowest BCUT2D eigenvalue weighted by Gasteiger charge is -2.64. The Morgan fingerprint density at radius 1 is 0.319 bits per heavy atom. The summed E-state index contributed by atoms with van der Waals surface area (Å²) >= 11 is 0. The first-order valence-electron chi connectivity index (χ1n) is 9.65. The van der Waals surface area contributed by atoms with Crippen molar-refractivity contribution in [3.63, 3.8) is 0 Å². The smallest absolute Gasteiger partial charge is 0.362 e. The molecule has 0 aliphatic carbocycles. The van der Waals surface area contributed by atoms with Crippen LogP contribution in [0.4, 0.5) is 0 Å². The van der Waals surface area contributed by atoms with Crippen LogP contribution in [0.15, 0.2) is 0 Å². The second kappa shape index (κ2) is 12.2. The molecule has 0 fully saturated rings. The average molecular weight is 904 g/mol. The molecule has 0 amide bonds. The molecule has 0 saturated heterocycles. The zero-order valence-electron chi connectivity index (χ0n) is 21.4.